The van der Waals surface area contributed by atoms with E-state index < -0.39 is 6.10 Å². The number of carbonyl (C=O) groups excluding carboxylic acids is 1. The molecular formula is C15H15NO2. The number of rotatable bonds is 4. The Bertz CT molecular complexity index is 498. The molecule has 18 heavy (non-hydrogen) atoms. The molecule has 0 radical (unpaired) electrons. The minimum absolute atomic E-state index is 0.0456. The molecule has 2 atom stereocenters. The van der Waals surface area contributed by atoms with E-state index in [2.05, 4.69) is 18.4 Å². The number of ether oxygens (including phenoxy) is 1. The third-order valence-electron chi connectivity index (χ3n) is 2.77. The Balaban J connectivity index is 2.19. The number of β-lactam (4-membered cyclic amide) rings is 1. The molecule has 1 aromatic carbocycles. The molecule has 2 rings (SSSR count). The highest BCUT2D eigenvalue weighted by Crippen LogP contribution is 2.29. The van der Waals surface area contributed by atoms with Crippen molar-refractivity contribution in [1.82, 2.24) is 0 Å². The second kappa shape index (κ2) is 5.52. The van der Waals surface area contributed by atoms with Gasteiger partial charge in [0.05, 0.1) is 6.61 Å². The Morgan fingerprint density at radius 1 is 1.44 bits per heavy atom. The molecule has 3 heteroatoms. The second-order valence-electron chi connectivity index (χ2n) is 3.93. The fourth-order valence-electron chi connectivity index (χ4n) is 1.96. The minimum Gasteiger partial charge on any atom is -0.361 e. The van der Waals surface area contributed by atoms with Crippen LogP contribution in [-0.2, 0) is 9.53 Å². The molecule has 1 aliphatic rings. The summed E-state index contributed by atoms with van der Waals surface area (Å²) in [6.45, 7) is 5.70. The van der Waals surface area contributed by atoms with E-state index in [9.17, 15) is 4.79 Å². The van der Waals surface area contributed by atoms with Crippen molar-refractivity contribution in [2.75, 3.05) is 11.5 Å². The van der Waals surface area contributed by atoms with Crippen molar-refractivity contribution in [2.45, 2.75) is 19.1 Å². The van der Waals surface area contributed by atoms with Crippen LogP contribution in [0, 0.1) is 11.8 Å². The highest BCUT2D eigenvalue weighted by Gasteiger charge is 2.48. The summed E-state index contributed by atoms with van der Waals surface area (Å²) in [6.07, 6.45) is 1.16. The van der Waals surface area contributed by atoms with Crippen molar-refractivity contribution in [2.24, 2.45) is 0 Å². The number of hydrogen-bond acceptors (Lipinski definition) is 2. The van der Waals surface area contributed by atoms with Crippen LogP contribution >= 0.6 is 0 Å². The highest BCUT2D eigenvalue weighted by atomic mass is 16.5. The summed E-state index contributed by atoms with van der Waals surface area (Å²) in [7, 11) is 0. The number of amides is 1. The lowest BCUT2D eigenvalue weighted by Gasteiger charge is -2.43. The van der Waals surface area contributed by atoms with Crippen LogP contribution in [0.25, 0.3) is 0 Å². The molecule has 1 saturated heterocycles. The van der Waals surface area contributed by atoms with Gasteiger partial charge in [-0.1, -0.05) is 30.2 Å². The average Bonchev–Trinajstić information content (AvgIpc) is 2.40. The Labute approximate surface area is 107 Å². The van der Waals surface area contributed by atoms with Gasteiger partial charge in [-0.25, -0.2) is 0 Å². The quantitative estimate of drug-likeness (QED) is 0.458. The summed E-state index contributed by atoms with van der Waals surface area (Å²) in [5, 5.41) is 0. The van der Waals surface area contributed by atoms with Crippen LogP contribution in [0.2, 0.25) is 0 Å². The predicted molar refractivity (Wildman–Crippen MR) is 71.1 cm³/mol. The lowest BCUT2D eigenvalue weighted by atomic mass is 9.97. The summed E-state index contributed by atoms with van der Waals surface area (Å²) in [4.78, 5) is 13.7. The molecule has 1 amide bonds. The molecule has 3 nitrogen and oxygen atoms in total. The van der Waals surface area contributed by atoms with Crippen LogP contribution in [0.15, 0.2) is 43.0 Å². The first-order valence-corrected chi connectivity index (χ1v) is 5.82. The standard InChI is InChI=1S/C15H15NO2/c1-3-8-13-14(18-11-4-2)15(17)16(13)12-9-6-5-7-10-12/h4-7,9-10,13-14H,2,11H2,1H3/t13-,14+/m0/s1. The van der Waals surface area contributed by atoms with Crippen LogP contribution in [0.5, 0.6) is 0 Å². The van der Waals surface area contributed by atoms with Crippen molar-refractivity contribution in [3.8, 4) is 11.8 Å². The first-order valence-electron chi connectivity index (χ1n) is 5.82. The van der Waals surface area contributed by atoms with Crippen molar-refractivity contribution in [1.29, 1.82) is 0 Å². The van der Waals surface area contributed by atoms with E-state index in [0.29, 0.717) is 6.61 Å². The Morgan fingerprint density at radius 2 is 2.17 bits per heavy atom. The molecule has 0 spiro atoms. The maximum atomic E-state index is 12.1. The number of anilines is 1. The highest BCUT2D eigenvalue weighted by molar-refractivity contribution is 6.06. The van der Waals surface area contributed by atoms with Gasteiger partial charge in [-0.3, -0.25) is 9.69 Å². The van der Waals surface area contributed by atoms with Gasteiger partial charge in [0.25, 0.3) is 5.91 Å². The number of benzene rings is 1. The molecule has 1 aliphatic heterocycles. The Hall–Kier alpha value is -2.05. The zero-order valence-electron chi connectivity index (χ0n) is 10.3. The van der Waals surface area contributed by atoms with E-state index in [4.69, 9.17) is 4.74 Å². The van der Waals surface area contributed by atoms with Crippen LogP contribution < -0.4 is 4.90 Å². The van der Waals surface area contributed by atoms with Crippen LogP contribution in [0.3, 0.4) is 0 Å². The fraction of sp³-hybridized carbons (Fsp3) is 0.267. The third-order valence-corrected chi connectivity index (χ3v) is 2.77. The van der Waals surface area contributed by atoms with Crippen LogP contribution in [0.4, 0.5) is 5.69 Å². The Kier molecular flexibility index (Phi) is 3.81. The molecule has 1 aromatic rings. The largest absolute Gasteiger partial charge is 0.361 e. The number of para-hydroxylation sites is 1. The smallest absolute Gasteiger partial charge is 0.260 e. The third kappa shape index (κ3) is 2.15. The molecule has 0 unspecified atom stereocenters. The zero-order chi connectivity index (χ0) is 13.0. The monoisotopic (exact) mass is 241 g/mol. The molecule has 0 aliphatic carbocycles. The van der Waals surface area contributed by atoms with Gasteiger partial charge in [0.2, 0.25) is 0 Å². The van der Waals surface area contributed by atoms with E-state index in [1.165, 1.54) is 0 Å². The van der Waals surface area contributed by atoms with Crippen LogP contribution in [0.1, 0.15) is 6.92 Å². The lowest BCUT2D eigenvalue weighted by Crippen LogP contribution is -2.65. The van der Waals surface area contributed by atoms with Crippen molar-refractivity contribution in [3.05, 3.63) is 43.0 Å². The topological polar surface area (TPSA) is 29.5 Å². The first-order chi connectivity index (χ1) is 8.79. The van der Waals surface area contributed by atoms with Gasteiger partial charge in [0.15, 0.2) is 6.10 Å². The molecule has 92 valence electrons. The molecule has 0 aromatic heterocycles. The SMILES string of the molecule is C=CCO[C@H]1C(=O)N(c2ccccc2)[C@H]1C#CC. The van der Waals surface area contributed by atoms with Crippen molar-refractivity contribution in [3.63, 3.8) is 0 Å². The number of hydrogen-bond donors (Lipinski definition) is 0. The maximum Gasteiger partial charge on any atom is 0.260 e. The fourth-order valence-corrected chi connectivity index (χ4v) is 1.96. The molecule has 0 saturated carbocycles. The normalized spacial score (nSPS) is 21.8. The van der Waals surface area contributed by atoms with E-state index in [1.807, 2.05) is 30.3 Å². The summed E-state index contributed by atoms with van der Waals surface area (Å²) in [5.74, 6) is 5.82. The molecule has 1 heterocycles. The van der Waals surface area contributed by atoms with E-state index in [1.54, 1.807) is 17.9 Å². The first kappa shape index (κ1) is 12.4. The van der Waals surface area contributed by atoms with E-state index in [0.717, 1.165) is 5.69 Å². The predicted octanol–water partition coefficient (Wildman–Crippen LogP) is 2.00. The molecule has 0 bridgehead atoms. The Morgan fingerprint density at radius 3 is 2.78 bits per heavy atom. The summed E-state index contributed by atoms with van der Waals surface area (Å²) in [6, 6.07) is 9.30. The second-order valence-corrected chi connectivity index (χ2v) is 3.93. The van der Waals surface area contributed by atoms with Gasteiger partial charge < -0.3 is 4.74 Å². The minimum atomic E-state index is -0.476. The van der Waals surface area contributed by atoms with Gasteiger partial charge in [0.1, 0.15) is 6.04 Å². The summed E-state index contributed by atoms with van der Waals surface area (Å²) in [5.41, 5.74) is 0.855. The molecule has 0 N–H and O–H groups in total. The van der Waals surface area contributed by atoms with E-state index in [-0.39, 0.29) is 11.9 Å². The number of nitrogens with zero attached hydrogens (tertiary/aromatic N) is 1. The van der Waals surface area contributed by atoms with E-state index >= 15 is 0 Å². The summed E-state index contributed by atoms with van der Waals surface area (Å²) < 4.78 is 5.44. The van der Waals surface area contributed by atoms with Crippen LogP contribution in [-0.4, -0.2) is 24.7 Å². The van der Waals surface area contributed by atoms with Gasteiger partial charge in [0, 0.05) is 5.69 Å². The van der Waals surface area contributed by atoms with Gasteiger partial charge in [-0.05, 0) is 19.1 Å². The number of carbonyl (C=O) groups is 1. The zero-order valence-corrected chi connectivity index (χ0v) is 10.3. The van der Waals surface area contributed by atoms with Gasteiger partial charge >= 0.3 is 0 Å². The summed E-state index contributed by atoms with van der Waals surface area (Å²) >= 11 is 0. The lowest BCUT2D eigenvalue weighted by molar-refractivity contribution is -0.138. The maximum absolute atomic E-state index is 12.1. The van der Waals surface area contributed by atoms with Crippen molar-refractivity contribution >= 4 is 11.6 Å². The molecular weight excluding hydrogens is 226 g/mol. The van der Waals surface area contributed by atoms with Crippen molar-refractivity contribution < 1.29 is 9.53 Å². The molecule has 1 fully saturated rings. The average molecular weight is 241 g/mol. The van der Waals surface area contributed by atoms with Gasteiger partial charge in [-0.2, -0.15) is 0 Å². The van der Waals surface area contributed by atoms with Gasteiger partial charge in [-0.15, -0.1) is 12.5 Å².